The van der Waals surface area contributed by atoms with Crippen LogP contribution in [0.25, 0.3) is 0 Å². The number of carboxylic acids is 1. The lowest BCUT2D eigenvalue weighted by Gasteiger charge is -2.15. The van der Waals surface area contributed by atoms with Crippen molar-refractivity contribution in [1.29, 1.82) is 0 Å². The number of rotatable bonds is 15. The minimum absolute atomic E-state index is 0.0274. The first kappa shape index (κ1) is 21.0. The van der Waals surface area contributed by atoms with E-state index < -0.39 is 5.97 Å². The SMILES string of the molecule is C[C@H](C=O)CCCCCCCCC[C@H](/C=C/C(=O)O)Nc1ccc[nH]1. The summed E-state index contributed by atoms with van der Waals surface area (Å²) >= 11 is 0. The highest BCUT2D eigenvalue weighted by atomic mass is 16.4. The number of anilines is 1. The second-order valence-electron chi connectivity index (χ2n) is 6.70. The number of carboxylic acid groups (broad SMARTS) is 1. The molecule has 140 valence electrons. The van der Waals surface area contributed by atoms with Crippen molar-refractivity contribution < 1.29 is 14.7 Å². The van der Waals surface area contributed by atoms with E-state index in [2.05, 4.69) is 10.3 Å². The van der Waals surface area contributed by atoms with Gasteiger partial charge in [-0.15, -0.1) is 0 Å². The van der Waals surface area contributed by atoms with Crippen LogP contribution >= 0.6 is 0 Å². The number of hydrogen-bond donors (Lipinski definition) is 3. The highest BCUT2D eigenvalue weighted by molar-refractivity contribution is 5.79. The van der Waals surface area contributed by atoms with E-state index >= 15 is 0 Å². The molecule has 0 saturated carbocycles. The zero-order valence-corrected chi connectivity index (χ0v) is 15.2. The number of hydrogen-bond acceptors (Lipinski definition) is 3. The number of aldehydes is 1. The summed E-state index contributed by atoms with van der Waals surface area (Å²) < 4.78 is 0. The fourth-order valence-corrected chi connectivity index (χ4v) is 2.82. The Hall–Kier alpha value is -2.04. The Bertz CT molecular complexity index is 497. The molecule has 0 saturated heterocycles. The van der Waals surface area contributed by atoms with E-state index in [9.17, 15) is 9.59 Å². The molecule has 3 N–H and O–H groups in total. The van der Waals surface area contributed by atoms with E-state index in [1.807, 2.05) is 25.3 Å². The van der Waals surface area contributed by atoms with Crippen molar-refractivity contribution in [3.8, 4) is 0 Å². The van der Waals surface area contributed by atoms with Gasteiger partial charge in [0, 0.05) is 24.2 Å². The Morgan fingerprint density at radius 1 is 1.16 bits per heavy atom. The minimum Gasteiger partial charge on any atom is -0.478 e. The van der Waals surface area contributed by atoms with Gasteiger partial charge in [-0.05, 0) is 25.0 Å². The van der Waals surface area contributed by atoms with Crippen LogP contribution in [0.5, 0.6) is 0 Å². The molecule has 0 aromatic carbocycles. The second-order valence-corrected chi connectivity index (χ2v) is 6.70. The molecule has 0 amide bonds. The van der Waals surface area contributed by atoms with Gasteiger partial charge in [0.2, 0.25) is 0 Å². The average molecular weight is 348 g/mol. The Morgan fingerprint density at radius 2 is 1.80 bits per heavy atom. The first-order chi connectivity index (χ1) is 12.1. The lowest BCUT2D eigenvalue weighted by molar-refractivity contribution is -0.131. The third-order valence-electron chi connectivity index (χ3n) is 4.32. The summed E-state index contributed by atoms with van der Waals surface area (Å²) in [7, 11) is 0. The minimum atomic E-state index is -0.915. The third-order valence-corrected chi connectivity index (χ3v) is 4.32. The molecule has 0 bridgehead atoms. The van der Waals surface area contributed by atoms with Crippen LogP contribution in [0.15, 0.2) is 30.5 Å². The molecule has 0 aliphatic rings. The highest BCUT2D eigenvalue weighted by Gasteiger charge is 2.06. The van der Waals surface area contributed by atoms with Crippen LogP contribution in [-0.4, -0.2) is 28.4 Å². The first-order valence-electron chi connectivity index (χ1n) is 9.38. The molecule has 0 unspecified atom stereocenters. The molecule has 1 aromatic heterocycles. The van der Waals surface area contributed by atoms with E-state index in [4.69, 9.17) is 5.11 Å². The standard InChI is InChI=1S/C20H32N2O3/c1-17(16-23)10-7-5-3-2-4-6-8-11-18(13-14-20(24)25)22-19-12-9-15-21-19/h9,12-18,21-22H,2-8,10-11H2,1H3,(H,24,25)/b14-13+/t17-,18+/m0/s1. The number of nitrogens with one attached hydrogen (secondary N) is 2. The van der Waals surface area contributed by atoms with Gasteiger partial charge in [0.15, 0.2) is 0 Å². The molecular weight excluding hydrogens is 316 g/mol. The molecule has 25 heavy (non-hydrogen) atoms. The molecule has 1 rings (SSSR count). The summed E-state index contributed by atoms with van der Waals surface area (Å²) in [5.41, 5.74) is 0. The van der Waals surface area contributed by atoms with Crippen LogP contribution in [-0.2, 0) is 9.59 Å². The van der Waals surface area contributed by atoms with Crippen LogP contribution < -0.4 is 5.32 Å². The highest BCUT2D eigenvalue weighted by Crippen LogP contribution is 2.14. The van der Waals surface area contributed by atoms with E-state index in [1.54, 1.807) is 6.08 Å². The Morgan fingerprint density at radius 3 is 2.36 bits per heavy atom. The molecule has 5 heteroatoms. The Labute approximate surface area is 150 Å². The van der Waals surface area contributed by atoms with Crippen molar-refractivity contribution in [1.82, 2.24) is 4.98 Å². The maximum atomic E-state index is 10.7. The van der Waals surface area contributed by atoms with Gasteiger partial charge in [0.05, 0.1) is 0 Å². The molecule has 1 aromatic rings. The van der Waals surface area contributed by atoms with E-state index in [1.165, 1.54) is 31.8 Å². The maximum absolute atomic E-state index is 10.7. The number of carbonyl (C=O) groups excluding carboxylic acids is 1. The van der Waals surface area contributed by atoms with Gasteiger partial charge in [-0.2, -0.15) is 0 Å². The molecule has 2 atom stereocenters. The Balaban J connectivity index is 2.13. The molecule has 0 aliphatic carbocycles. The van der Waals surface area contributed by atoms with Crippen LogP contribution in [0, 0.1) is 5.92 Å². The molecule has 0 spiro atoms. The number of aromatic amines is 1. The fraction of sp³-hybridized carbons (Fsp3) is 0.600. The van der Waals surface area contributed by atoms with Crippen molar-refractivity contribution in [2.75, 3.05) is 5.32 Å². The first-order valence-corrected chi connectivity index (χ1v) is 9.38. The summed E-state index contributed by atoms with van der Waals surface area (Å²) in [5.74, 6) is 0.190. The largest absolute Gasteiger partial charge is 0.478 e. The monoisotopic (exact) mass is 348 g/mol. The van der Waals surface area contributed by atoms with Crippen molar-refractivity contribution in [2.45, 2.75) is 70.8 Å². The van der Waals surface area contributed by atoms with Crippen LogP contribution in [0.1, 0.15) is 64.7 Å². The van der Waals surface area contributed by atoms with Crippen LogP contribution in [0.3, 0.4) is 0 Å². The summed E-state index contributed by atoms with van der Waals surface area (Å²) in [5, 5.41) is 12.1. The molecule has 0 aliphatic heterocycles. The van der Waals surface area contributed by atoms with Gasteiger partial charge >= 0.3 is 5.97 Å². The van der Waals surface area contributed by atoms with Crippen molar-refractivity contribution in [2.24, 2.45) is 5.92 Å². The molecule has 5 nitrogen and oxygen atoms in total. The number of H-pyrrole nitrogens is 1. The zero-order valence-electron chi connectivity index (χ0n) is 15.2. The smallest absolute Gasteiger partial charge is 0.328 e. The fourth-order valence-electron chi connectivity index (χ4n) is 2.82. The molecule has 0 radical (unpaired) electrons. The normalized spacial score (nSPS) is 13.6. The zero-order chi connectivity index (χ0) is 18.3. The number of unbranched alkanes of at least 4 members (excludes halogenated alkanes) is 6. The topological polar surface area (TPSA) is 82.2 Å². The van der Waals surface area contributed by atoms with Crippen molar-refractivity contribution in [3.05, 3.63) is 30.5 Å². The quantitative estimate of drug-likeness (QED) is 0.242. The van der Waals surface area contributed by atoms with Crippen LogP contribution in [0.2, 0.25) is 0 Å². The summed E-state index contributed by atoms with van der Waals surface area (Å²) in [4.78, 5) is 24.3. The van der Waals surface area contributed by atoms with Crippen LogP contribution in [0.4, 0.5) is 5.82 Å². The van der Waals surface area contributed by atoms with Gasteiger partial charge in [-0.3, -0.25) is 0 Å². The predicted octanol–water partition coefficient (Wildman–Crippen LogP) is 4.78. The van der Waals surface area contributed by atoms with E-state index in [-0.39, 0.29) is 12.0 Å². The number of carbonyl (C=O) groups is 2. The van der Waals surface area contributed by atoms with Crippen molar-refractivity contribution >= 4 is 18.1 Å². The average Bonchev–Trinajstić information content (AvgIpc) is 3.10. The summed E-state index contributed by atoms with van der Waals surface area (Å²) in [6.45, 7) is 1.98. The van der Waals surface area contributed by atoms with Gasteiger partial charge in [-0.1, -0.05) is 57.9 Å². The number of aromatic nitrogens is 1. The number of aliphatic carboxylic acids is 1. The van der Waals surface area contributed by atoms with Gasteiger partial charge < -0.3 is 20.2 Å². The second kappa shape index (κ2) is 13.3. The van der Waals surface area contributed by atoms with Crippen molar-refractivity contribution in [3.63, 3.8) is 0 Å². The molecule has 1 heterocycles. The van der Waals surface area contributed by atoms with Gasteiger partial charge in [0.1, 0.15) is 12.1 Å². The van der Waals surface area contributed by atoms with E-state index in [0.29, 0.717) is 0 Å². The van der Waals surface area contributed by atoms with Gasteiger partial charge in [-0.25, -0.2) is 4.79 Å². The third kappa shape index (κ3) is 11.2. The summed E-state index contributed by atoms with van der Waals surface area (Å²) in [6.07, 6.45) is 16.0. The van der Waals surface area contributed by atoms with Gasteiger partial charge in [0.25, 0.3) is 0 Å². The maximum Gasteiger partial charge on any atom is 0.328 e. The van der Waals surface area contributed by atoms with E-state index in [0.717, 1.165) is 44.2 Å². The lowest BCUT2D eigenvalue weighted by atomic mass is 10.0. The lowest BCUT2D eigenvalue weighted by Crippen LogP contribution is -2.17. The Kier molecular flexibility index (Phi) is 11.2. The predicted molar refractivity (Wildman–Crippen MR) is 102 cm³/mol. The summed E-state index contributed by atoms with van der Waals surface area (Å²) in [6, 6.07) is 3.88. The molecule has 0 fully saturated rings. The molecular formula is C20H32N2O3.